The molecule has 0 aromatic heterocycles. The van der Waals surface area contributed by atoms with E-state index >= 15 is 0 Å². The van der Waals surface area contributed by atoms with Crippen LogP contribution in [-0.2, 0) is 14.8 Å². The van der Waals surface area contributed by atoms with Crippen molar-refractivity contribution in [3.05, 3.63) is 56.6 Å². The molecule has 0 atom stereocenters. The number of benzene rings is 2. The highest BCUT2D eigenvalue weighted by atomic mass is 35.5. The smallest absolute Gasteiger partial charge is 0.271 e. The Morgan fingerprint density at radius 1 is 0.971 bits per heavy atom. The van der Waals surface area contributed by atoms with Gasteiger partial charge in [0, 0.05) is 55.3 Å². The number of nitro groups is 1. The molecule has 1 aliphatic carbocycles. The van der Waals surface area contributed by atoms with Crippen LogP contribution < -0.4 is 4.74 Å². The normalized spacial score (nSPS) is 17.8. The Balaban J connectivity index is 1.57. The van der Waals surface area contributed by atoms with E-state index in [0.717, 1.165) is 44.2 Å². The van der Waals surface area contributed by atoms with Gasteiger partial charge in [0.25, 0.3) is 5.69 Å². The van der Waals surface area contributed by atoms with Gasteiger partial charge in [0.1, 0.15) is 16.4 Å². The molecule has 0 radical (unpaired) electrons. The largest absolute Gasteiger partial charge is 0.454 e. The van der Waals surface area contributed by atoms with Gasteiger partial charge in [0.05, 0.1) is 9.95 Å². The molecule has 0 unspecified atom stereocenters. The zero-order valence-electron chi connectivity index (χ0n) is 18.9. The van der Waals surface area contributed by atoms with Crippen molar-refractivity contribution in [1.82, 2.24) is 9.21 Å². The van der Waals surface area contributed by atoms with Crippen molar-refractivity contribution >= 4 is 44.8 Å². The molecule has 12 heteroatoms. The molecule has 1 aliphatic heterocycles. The van der Waals surface area contributed by atoms with Crippen LogP contribution in [0.4, 0.5) is 5.69 Å². The van der Waals surface area contributed by atoms with Crippen LogP contribution in [-0.4, -0.2) is 54.6 Å². The van der Waals surface area contributed by atoms with E-state index in [9.17, 15) is 23.3 Å². The number of nitro benzene ring substituents is 1. The van der Waals surface area contributed by atoms with E-state index < -0.39 is 14.9 Å². The summed E-state index contributed by atoms with van der Waals surface area (Å²) < 4.78 is 34.1. The summed E-state index contributed by atoms with van der Waals surface area (Å²) in [6.07, 6.45) is 4.97. The van der Waals surface area contributed by atoms with E-state index in [2.05, 4.69) is 0 Å². The minimum absolute atomic E-state index is 0.00567. The number of rotatable bonds is 6. The summed E-state index contributed by atoms with van der Waals surface area (Å²) in [6.45, 7) is 0.696. The van der Waals surface area contributed by atoms with E-state index in [4.69, 9.17) is 27.9 Å². The Morgan fingerprint density at radius 3 is 2.31 bits per heavy atom. The Bertz CT molecular complexity index is 1230. The first-order valence-corrected chi connectivity index (χ1v) is 13.6. The molecule has 2 fully saturated rings. The summed E-state index contributed by atoms with van der Waals surface area (Å²) >= 11 is 12.2. The molecule has 0 spiro atoms. The number of carbonyl (C=O) groups is 1. The third-order valence-corrected chi connectivity index (χ3v) is 8.84. The maximum atomic E-state index is 13.6. The Morgan fingerprint density at radius 2 is 1.66 bits per heavy atom. The van der Waals surface area contributed by atoms with Crippen LogP contribution in [0.5, 0.6) is 11.5 Å². The van der Waals surface area contributed by atoms with Gasteiger partial charge in [-0.15, -0.1) is 0 Å². The van der Waals surface area contributed by atoms with Gasteiger partial charge in [-0.05, 0) is 31.0 Å². The van der Waals surface area contributed by atoms with Crippen LogP contribution in [0, 0.1) is 16.0 Å². The number of piperazine rings is 1. The van der Waals surface area contributed by atoms with Gasteiger partial charge in [-0.1, -0.05) is 42.5 Å². The molecule has 0 N–H and O–H groups in total. The molecule has 35 heavy (non-hydrogen) atoms. The number of amides is 1. The fourth-order valence-corrected chi connectivity index (χ4v) is 6.34. The standard InChI is InChI=1S/C23H25Cl2N3O6S/c24-17-6-8-19(25)21(14-17)34-20-9-7-18(28(30)31)15-22(20)35(32,33)27-12-10-26(11-13-27)23(29)16-4-2-1-3-5-16/h6-9,14-16H,1-5,10-13H2. The zero-order chi connectivity index (χ0) is 25.2. The fourth-order valence-electron chi connectivity index (χ4n) is 4.47. The number of hydrogen-bond acceptors (Lipinski definition) is 6. The number of halogens is 2. The Labute approximate surface area is 213 Å². The number of nitrogens with zero attached hydrogens (tertiary/aromatic N) is 3. The molecular formula is C23H25Cl2N3O6S. The second kappa shape index (κ2) is 10.7. The fraction of sp³-hybridized carbons (Fsp3) is 0.435. The van der Waals surface area contributed by atoms with Crippen molar-refractivity contribution in [3.8, 4) is 11.5 Å². The third kappa shape index (κ3) is 5.72. The van der Waals surface area contributed by atoms with Crippen molar-refractivity contribution in [1.29, 1.82) is 0 Å². The van der Waals surface area contributed by atoms with Crippen LogP contribution in [0.3, 0.4) is 0 Å². The summed E-state index contributed by atoms with van der Waals surface area (Å²) in [5.74, 6) is 0.0932. The molecule has 9 nitrogen and oxygen atoms in total. The molecule has 4 rings (SSSR count). The predicted molar refractivity (Wildman–Crippen MR) is 132 cm³/mol. The summed E-state index contributed by atoms with van der Waals surface area (Å²) in [4.78, 5) is 24.9. The minimum atomic E-state index is -4.18. The van der Waals surface area contributed by atoms with Gasteiger partial charge in [-0.3, -0.25) is 14.9 Å². The topological polar surface area (TPSA) is 110 Å². The average Bonchev–Trinajstić information content (AvgIpc) is 2.86. The number of sulfonamides is 1. The van der Waals surface area contributed by atoms with Crippen LogP contribution in [0.15, 0.2) is 41.3 Å². The average molecular weight is 542 g/mol. The van der Waals surface area contributed by atoms with Crippen molar-refractivity contribution in [3.63, 3.8) is 0 Å². The lowest BCUT2D eigenvalue weighted by Gasteiger charge is -2.36. The van der Waals surface area contributed by atoms with E-state index in [1.807, 2.05) is 0 Å². The summed E-state index contributed by atoms with van der Waals surface area (Å²) in [7, 11) is -4.18. The first-order chi connectivity index (χ1) is 16.7. The highest BCUT2D eigenvalue weighted by molar-refractivity contribution is 7.89. The van der Waals surface area contributed by atoms with Gasteiger partial charge in [0.15, 0.2) is 0 Å². The number of hydrogen-bond donors (Lipinski definition) is 0. The Kier molecular flexibility index (Phi) is 7.85. The van der Waals surface area contributed by atoms with Crippen molar-refractivity contribution < 1.29 is 22.9 Å². The molecule has 1 amide bonds. The molecule has 1 saturated heterocycles. The van der Waals surface area contributed by atoms with Crippen molar-refractivity contribution in [2.45, 2.75) is 37.0 Å². The lowest BCUT2D eigenvalue weighted by molar-refractivity contribution is -0.385. The molecular weight excluding hydrogens is 517 g/mol. The third-order valence-electron chi connectivity index (χ3n) is 6.37. The van der Waals surface area contributed by atoms with E-state index in [1.54, 1.807) is 11.0 Å². The van der Waals surface area contributed by atoms with E-state index in [0.29, 0.717) is 5.02 Å². The molecule has 1 saturated carbocycles. The molecule has 2 aromatic carbocycles. The molecule has 2 aromatic rings. The predicted octanol–water partition coefficient (Wildman–Crippen LogP) is 5.11. The highest BCUT2D eigenvalue weighted by Crippen LogP contribution is 2.38. The SMILES string of the molecule is O=C(C1CCCCC1)N1CCN(S(=O)(=O)c2cc([N+](=O)[O-])ccc2Oc2cc(Cl)ccc2Cl)CC1. The quantitative estimate of drug-likeness (QED) is 0.371. The van der Waals surface area contributed by atoms with E-state index in [-0.39, 0.29) is 65.1 Å². The lowest BCUT2D eigenvalue weighted by atomic mass is 9.88. The molecule has 0 bridgehead atoms. The van der Waals surface area contributed by atoms with Crippen molar-refractivity contribution in [2.75, 3.05) is 26.2 Å². The second-order valence-corrected chi connectivity index (χ2v) is 11.4. The van der Waals surface area contributed by atoms with Gasteiger partial charge < -0.3 is 9.64 Å². The van der Waals surface area contributed by atoms with Crippen LogP contribution >= 0.6 is 23.2 Å². The summed E-state index contributed by atoms with van der Waals surface area (Å²) in [6, 6.07) is 7.85. The monoisotopic (exact) mass is 541 g/mol. The molecule has 188 valence electrons. The second-order valence-electron chi connectivity index (χ2n) is 8.63. The molecule has 2 aliphatic rings. The van der Waals surface area contributed by atoms with Gasteiger partial charge in [-0.2, -0.15) is 4.31 Å². The van der Waals surface area contributed by atoms with Crippen LogP contribution in [0.2, 0.25) is 10.0 Å². The van der Waals surface area contributed by atoms with Gasteiger partial charge in [0.2, 0.25) is 15.9 Å². The first-order valence-electron chi connectivity index (χ1n) is 11.4. The lowest BCUT2D eigenvalue weighted by Crippen LogP contribution is -2.52. The number of carbonyl (C=O) groups excluding carboxylic acids is 1. The molecule has 1 heterocycles. The summed E-state index contributed by atoms with van der Waals surface area (Å²) in [5.41, 5.74) is -0.390. The number of non-ortho nitro benzene ring substituents is 1. The van der Waals surface area contributed by atoms with Crippen LogP contribution in [0.1, 0.15) is 32.1 Å². The Hall–Kier alpha value is -2.40. The maximum Gasteiger partial charge on any atom is 0.271 e. The van der Waals surface area contributed by atoms with Crippen molar-refractivity contribution in [2.24, 2.45) is 5.92 Å². The summed E-state index contributed by atoms with van der Waals surface area (Å²) in [5, 5.41) is 11.9. The van der Waals surface area contributed by atoms with Gasteiger partial charge >= 0.3 is 0 Å². The zero-order valence-corrected chi connectivity index (χ0v) is 21.2. The van der Waals surface area contributed by atoms with E-state index in [1.165, 1.54) is 22.5 Å². The minimum Gasteiger partial charge on any atom is -0.454 e. The van der Waals surface area contributed by atoms with Gasteiger partial charge in [-0.25, -0.2) is 8.42 Å². The number of ether oxygens (including phenoxy) is 1. The van der Waals surface area contributed by atoms with Crippen LogP contribution in [0.25, 0.3) is 0 Å². The highest BCUT2D eigenvalue weighted by Gasteiger charge is 2.35. The maximum absolute atomic E-state index is 13.6. The first kappa shape index (κ1) is 25.7.